The zero-order chi connectivity index (χ0) is 21.7. The van der Waals surface area contributed by atoms with Crippen molar-refractivity contribution in [2.75, 3.05) is 4.72 Å². The first kappa shape index (κ1) is 20.5. The molecule has 0 amide bonds. The number of anilines is 1. The molecule has 0 radical (unpaired) electrons. The summed E-state index contributed by atoms with van der Waals surface area (Å²) in [6.45, 7) is -0.377. The van der Waals surface area contributed by atoms with Gasteiger partial charge in [-0.15, -0.1) is 0 Å². The van der Waals surface area contributed by atoms with Crippen LogP contribution in [-0.4, -0.2) is 28.5 Å². The number of aliphatic hydroxyl groups excluding tert-OH is 1. The van der Waals surface area contributed by atoms with E-state index in [1.165, 1.54) is 18.2 Å². The second kappa shape index (κ2) is 8.90. The molecule has 8 nitrogen and oxygen atoms in total. The van der Waals surface area contributed by atoms with E-state index in [0.29, 0.717) is 11.4 Å². The molecule has 2 aromatic heterocycles. The van der Waals surface area contributed by atoms with Crippen molar-refractivity contribution in [1.82, 2.24) is 15.0 Å². The van der Waals surface area contributed by atoms with Gasteiger partial charge >= 0.3 is 0 Å². The molecule has 0 saturated carbocycles. The predicted octanol–water partition coefficient (Wildman–Crippen LogP) is 3.62. The van der Waals surface area contributed by atoms with E-state index in [2.05, 4.69) is 19.7 Å². The Morgan fingerprint density at radius 2 is 1.55 bits per heavy atom. The number of benzene rings is 2. The van der Waals surface area contributed by atoms with Crippen molar-refractivity contribution < 1.29 is 18.3 Å². The molecule has 156 valence electrons. The number of hydrogen-bond donors (Lipinski definition) is 2. The fourth-order valence-corrected chi connectivity index (χ4v) is 3.69. The lowest BCUT2D eigenvalue weighted by Gasteiger charge is -2.11. The van der Waals surface area contributed by atoms with Crippen LogP contribution in [0.25, 0.3) is 11.3 Å². The summed E-state index contributed by atoms with van der Waals surface area (Å²) in [5, 5.41) is 8.99. The number of pyridine rings is 1. The highest BCUT2D eigenvalue weighted by Crippen LogP contribution is 2.26. The minimum Gasteiger partial charge on any atom is -0.439 e. The maximum atomic E-state index is 12.8. The van der Waals surface area contributed by atoms with Gasteiger partial charge in [0.1, 0.15) is 5.75 Å². The van der Waals surface area contributed by atoms with Gasteiger partial charge in [-0.2, -0.15) is 13.4 Å². The number of ether oxygens (including phenoxy) is 1. The van der Waals surface area contributed by atoms with Crippen LogP contribution >= 0.6 is 0 Å². The predicted molar refractivity (Wildman–Crippen MR) is 115 cm³/mol. The molecule has 2 N–H and O–H groups in total. The molecule has 0 aliphatic rings. The summed E-state index contributed by atoms with van der Waals surface area (Å²) in [4.78, 5) is 12.5. The number of rotatable bonds is 7. The van der Waals surface area contributed by atoms with E-state index in [0.717, 1.165) is 5.56 Å². The number of para-hydroxylation sites is 1. The highest BCUT2D eigenvalue weighted by atomic mass is 32.2. The molecule has 0 bridgehead atoms. The summed E-state index contributed by atoms with van der Waals surface area (Å²) in [5.74, 6) is 0.560. The first-order chi connectivity index (χ1) is 15.0. The van der Waals surface area contributed by atoms with Crippen LogP contribution in [0, 0.1) is 0 Å². The largest absolute Gasteiger partial charge is 0.439 e. The van der Waals surface area contributed by atoms with Gasteiger partial charge in [0.2, 0.25) is 11.8 Å². The van der Waals surface area contributed by atoms with E-state index in [9.17, 15) is 13.5 Å². The fraction of sp³-hybridized carbons (Fsp3) is 0.0455. The van der Waals surface area contributed by atoms with E-state index < -0.39 is 10.0 Å². The van der Waals surface area contributed by atoms with Gasteiger partial charge in [0.05, 0.1) is 18.0 Å². The summed E-state index contributed by atoms with van der Waals surface area (Å²) in [6.07, 6.45) is 0. The molecule has 31 heavy (non-hydrogen) atoms. The Hall–Kier alpha value is -3.82. The lowest BCUT2D eigenvalue weighted by molar-refractivity contribution is 0.276. The summed E-state index contributed by atoms with van der Waals surface area (Å²) in [6, 6.07) is 24.3. The molecule has 0 unspecified atom stereocenters. The molecule has 0 atom stereocenters. The Morgan fingerprint density at radius 3 is 2.26 bits per heavy atom. The van der Waals surface area contributed by atoms with Crippen molar-refractivity contribution in [1.29, 1.82) is 0 Å². The van der Waals surface area contributed by atoms with Gasteiger partial charge in [-0.3, -0.25) is 0 Å². The molecule has 0 saturated heterocycles. The molecule has 0 aliphatic carbocycles. The van der Waals surface area contributed by atoms with Gasteiger partial charge < -0.3 is 9.84 Å². The average Bonchev–Trinajstić information content (AvgIpc) is 2.80. The second-order valence-corrected chi connectivity index (χ2v) is 8.06. The Balaban J connectivity index is 1.72. The van der Waals surface area contributed by atoms with E-state index in [-0.39, 0.29) is 29.2 Å². The number of nitrogens with zero attached hydrogens (tertiary/aromatic N) is 3. The molecule has 0 spiro atoms. The fourth-order valence-electron chi connectivity index (χ4n) is 2.76. The standard InChI is InChI=1S/C22H18N4O4S/c27-15-17-10-7-13-21(23-17)31(28,29)26-22-24-19(16-8-3-1-4-9-16)14-20(25-22)30-18-11-5-2-6-12-18/h1-14,27H,15H2,(H,24,25,26). The summed E-state index contributed by atoms with van der Waals surface area (Å²) in [5.41, 5.74) is 1.48. The van der Waals surface area contributed by atoms with Crippen LogP contribution in [0.5, 0.6) is 11.6 Å². The van der Waals surface area contributed by atoms with Crippen LogP contribution in [0.4, 0.5) is 5.95 Å². The van der Waals surface area contributed by atoms with Gasteiger partial charge in [0.15, 0.2) is 5.03 Å². The highest BCUT2D eigenvalue weighted by molar-refractivity contribution is 7.92. The monoisotopic (exact) mass is 434 g/mol. The number of aliphatic hydroxyl groups is 1. The first-order valence-electron chi connectivity index (χ1n) is 9.30. The molecule has 0 fully saturated rings. The van der Waals surface area contributed by atoms with Gasteiger partial charge in [-0.05, 0) is 24.3 Å². The topological polar surface area (TPSA) is 114 Å². The normalized spacial score (nSPS) is 11.1. The zero-order valence-electron chi connectivity index (χ0n) is 16.2. The number of sulfonamides is 1. The van der Waals surface area contributed by atoms with Crippen molar-refractivity contribution in [3.63, 3.8) is 0 Å². The van der Waals surface area contributed by atoms with Gasteiger partial charge in [0.25, 0.3) is 10.0 Å². The molecule has 4 aromatic rings. The average molecular weight is 434 g/mol. The third kappa shape index (κ3) is 5.03. The van der Waals surface area contributed by atoms with E-state index in [1.807, 2.05) is 48.5 Å². The Bertz CT molecular complexity index is 1280. The van der Waals surface area contributed by atoms with Crippen molar-refractivity contribution in [2.24, 2.45) is 0 Å². The van der Waals surface area contributed by atoms with Gasteiger partial charge in [0, 0.05) is 11.6 Å². The van der Waals surface area contributed by atoms with E-state index >= 15 is 0 Å². The van der Waals surface area contributed by atoms with Crippen LogP contribution in [-0.2, 0) is 16.6 Å². The molecule has 9 heteroatoms. The summed E-state index contributed by atoms with van der Waals surface area (Å²) in [7, 11) is -4.09. The smallest absolute Gasteiger partial charge is 0.281 e. The van der Waals surface area contributed by atoms with Crippen molar-refractivity contribution >= 4 is 16.0 Å². The van der Waals surface area contributed by atoms with Crippen LogP contribution in [0.15, 0.2) is 90.0 Å². The number of hydrogen-bond acceptors (Lipinski definition) is 7. The van der Waals surface area contributed by atoms with Crippen LogP contribution < -0.4 is 9.46 Å². The highest BCUT2D eigenvalue weighted by Gasteiger charge is 2.19. The van der Waals surface area contributed by atoms with Crippen LogP contribution in [0.1, 0.15) is 5.69 Å². The molecule has 4 rings (SSSR count). The SMILES string of the molecule is O=S(=O)(Nc1nc(Oc2ccccc2)cc(-c2ccccc2)n1)c1cccc(CO)n1. The quantitative estimate of drug-likeness (QED) is 0.456. The number of nitrogens with one attached hydrogen (secondary N) is 1. The Labute approximate surface area is 179 Å². The molecular weight excluding hydrogens is 416 g/mol. The lowest BCUT2D eigenvalue weighted by Crippen LogP contribution is -2.17. The summed E-state index contributed by atoms with van der Waals surface area (Å²) < 4.78 is 33.8. The summed E-state index contributed by atoms with van der Waals surface area (Å²) >= 11 is 0. The van der Waals surface area contributed by atoms with Gasteiger partial charge in [-0.25, -0.2) is 14.7 Å². The Kier molecular flexibility index (Phi) is 5.87. The van der Waals surface area contributed by atoms with Crippen molar-refractivity contribution in [3.8, 4) is 22.9 Å². The second-order valence-electron chi connectivity index (χ2n) is 6.43. The minimum absolute atomic E-state index is 0.163. The van der Waals surface area contributed by atoms with Crippen LogP contribution in [0.2, 0.25) is 0 Å². The molecule has 2 aromatic carbocycles. The lowest BCUT2D eigenvalue weighted by atomic mass is 10.1. The maximum Gasteiger partial charge on any atom is 0.281 e. The van der Waals surface area contributed by atoms with Crippen LogP contribution in [0.3, 0.4) is 0 Å². The van der Waals surface area contributed by atoms with E-state index in [1.54, 1.807) is 18.2 Å². The zero-order valence-corrected chi connectivity index (χ0v) is 17.0. The minimum atomic E-state index is -4.09. The van der Waals surface area contributed by atoms with Gasteiger partial charge in [-0.1, -0.05) is 54.6 Å². The maximum absolute atomic E-state index is 12.8. The van der Waals surface area contributed by atoms with Crippen molar-refractivity contribution in [2.45, 2.75) is 11.6 Å². The number of aromatic nitrogens is 3. The van der Waals surface area contributed by atoms with E-state index in [4.69, 9.17) is 4.74 Å². The first-order valence-corrected chi connectivity index (χ1v) is 10.8. The molecule has 2 heterocycles. The molecular formula is C22H18N4O4S. The molecule has 0 aliphatic heterocycles. The third-order valence-electron chi connectivity index (χ3n) is 4.18. The third-order valence-corrected chi connectivity index (χ3v) is 5.41. The Morgan fingerprint density at radius 1 is 0.839 bits per heavy atom. The van der Waals surface area contributed by atoms with Crippen molar-refractivity contribution in [3.05, 3.63) is 90.6 Å².